The Labute approximate surface area is 307 Å². The van der Waals surface area contributed by atoms with Crippen molar-refractivity contribution in [3.05, 3.63) is 158 Å². The van der Waals surface area contributed by atoms with E-state index in [1.807, 2.05) is 72.8 Å². The van der Waals surface area contributed by atoms with Gasteiger partial charge in [-0.05, 0) is 63.5 Å². The number of rotatable bonds is 10. The molecule has 0 unspecified atom stereocenters. The molecule has 0 spiro atoms. The van der Waals surface area contributed by atoms with Crippen molar-refractivity contribution in [2.24, 2.45) is 0 Å². The molecule has 6 rings (SSSR count). The van der Waals surface area contributed by atoms with Crippen molar-refractivity contribution < 1.29 is 18.9 Å². The molecule has 0 saturated carbocycles. The van der Waals surface area contributed by atoms with Gasteiger partial charge in [0.1, 0.15) is 30.5 Å². The summed E-state index contributed by atoms with van der Waals surface area (Å²) in [5.41, 5.74) is 9.16. The first-order valence-electron chi connectivity index (χ1n) is 14.8. The zero-order valence-electron chi connectivity index (χ0n) is 26.1. The van der Waals surface area contributed by atoms with E-state index in [1.54, 1.807) is 54.7 Å². The SMILES string of the molecule is N#Cc1cc(Cl)cc(Oc2cc(OCc3ccccc3)ncc2Br)c1.N#Cc1cc(Cl)cc(Oc2cc(OCc3ccccc3)ncc2N)c1. The summed E-state index contributed by atoms with van der Waals surface area (Å²) in [5, 5.41) is 18.9. The highest BCUT2D eigenvalue weighted by molar-refractivity contribution is 9.10. The van der Waals surface area contributed by atoms with Crippen LogP contribution in [0.2, 0.25) is 10.0 Å². The van der Waals surface area contributed by atoms with Gasteiger partial charge in [-0.2, -0.15) is 10.5 Å². The first-order valence-corrected chi connectivity index (χ1v) is 16.3. The third kappa shape index (κ3) is 10.6. The Hall–Kier alpha value is -5.78. The fraction of sp³-hybridized carbons (Fsp3) is 0.0526. The predicted octanol–water partition coefficient (Wildman–Crippen LogP) is 10.3. The number of nitrogens with zero attached hydrogens (tertiary/aromatic N) is 4. The highest BCUT2D eigenvalue weighted by Crippen LogP contribution is 2.34. The average Bonchev–Trinajstić information content (AvgIpc) is 3.13. The number of benzene rings is 4. The van der Waals surface area contributed by atoms with Gasteiger partial charge in [-0.1, -0.05) is 83.9 Å². The van der Waals surface area contributed by atoms with Crippen molar-refractivity contribution in [1.29, 1.82) is 10.5 Å². The number of nitrogens with two attached hydrogens (primary N) is 1. The van der Waals surface area contributed by atoms with Crippen molar-refractivity contribution in [3.63, 3.8) is 0 Å². The van der Waals surface area contributed by atoms with Crippen LogP contribution in [0.5, 0.6) is 34.8 Å². The molecule has 0 radical (unpaired) electrons. The maximum Gasteiger partial charge on any atom is 0.217 e. The molecule has 9 nitrogen and oxygen atoms in total. The molecule has 248 valence electrons. The van der Waals surface area contributed by atoms with E-state index < -0.39 is 0 Å². The van der Waals surface area contributed by atoms with Crippen LogP contribution in [0, 0.1) is 22.7 Å². The molecule has 50 heavy (non-hydrogen) atoms. The van der Waals surface area contributed by atoms with E-state index >= 15 is 0 Å². The number of nitriles is 2. The second kappa shape index (κ2) is 17.6. The van der Waals surface area contributed by atoms with Gasteiger partial charge in [-0.3, -0.25) is 0 Å². The highest BCUT2D eigenvalue weighted by Gasteiger charge is 2.10. The van der Waals surface area contributed by atoms with Gasteiger partial charge < -0.3 is 24.7 Å². The number of hydrogen-bond acceptors (Lipinski definition) is 9. The van der Waals surface area contributed by atoms with E-state index in [9.17, 15) is 0 Å². The number of aromatic nitrogens is 2. The number of hydrogen-bond donors (Lipinski definition) is 1. The lowest BCUT2D eigenvalue weighted by atomic mass is 10.2. The van der Waals surface area contributed by atoms with Gasteiger partial charge in [-0.25, -0.2) is 9.97 Å². The summed E-state index contributed by atoms with van der Waals surface area (Å²) in [4.78, 5) is 8.36. The molecule has 0 saturated heterocycles. The summed E-state index contributed by atoms with van der Waals surface area (Å²) in [7, 11) is 0. The van der Waals surface area contributed by atoms with Crippen LogP contribution in [-0.4, -0.2) is 9.97 Å². The van der Waals surface area contributed by atoms with Gasteiger partial charge in [0.05, 0.1) is 39.6 Å². The van der Waals surface area contributed by atoms with Crippen molar-refractivity contribution in [3.8, 4) is 46.9 Å². The first kappa shape index (κ1) is 35.5. The van der Waals surface area contributed by atoms with Gasteiger partial charge in [0.2, 0.25) is 11.8 Å². The van der Waals surface area contributed by atoms with Gasteiger partial charge in [0, 0.05) is 28.4 Å². The Bertz CT molecular complexity index is 2010. The topological polar surface area (TPSA) is 136 Å². The third-order valence-electron chi connectivity index (χ3n) is 6.58. The van der Waals surface area contributed by atoms with E-state index in [1.165, 1.54) is 6.20 Å². The predicted molar refractivity (Wildman–Crippen MR) is 195 cm³/mol. The van der Waals surface area contributed by atoms with Crippen LogP contribution >= 0.6 is 39.1 Å². The Morgan fingerprint density at radius 2 is 1.08 bits per heavy atom. The molecule has 2 heterocycles. The lowest BCUT2D eigenvalue weighted by molar-refractivity contribution is 0.292. The quantitative estimate of drug-likeness (QED) is 0.144. The van der Waals surface area contributed by atoms with E-state index in [4.69, 9.17) is 58.4 Å². The number of pyridine rings is 2. The summed E-state index contributed by atoms with van der Waals surface area (Å²) >= 11 is 15.4. The lowest BCUT2D eigenvalue weighted by Gasteiger charge is -2.11. The fourth-order valence-corrected chi connectivity index (χ4v) is 4.99. The second-order valence-corrected chi connectivity index (χ2v) is 12.1. The number of ether oxygens (including phenoxy) is 4. The molecule has 0 aliphatic rings. The number of anilines is 1. The highest BCUT2D eigenvalue weighted by atomic mass is 79.9. The molecular weight excluding hydrogens is 741 g/mol. The molecule has 0 fully saturated rings. The Morgan fingerprint density at radius 1 is 0.620 bits per heavy atom. The molecular formula is C38H26BrCl2N5O4. The van der Waals surface area contributed by atoms with E-state index in [0.29, 0.717) is 79.3 Å². The molecule has 0 bridgehead atoms. The molecule has 2 N–H and O–H groups in total. The maximum atomic E-state index is 9.03. The first-order chi connectivity index (χ1) is 24.3. The molecule has 0 amide bonds. The summed E-state index contributed by atoms with van der Waals surface area (Å²) < 4.78 is 23.6. The molecule has 0 aliphatic heterocycles. The Kier molecular flexibility index (Phi) is 12.5. The van der Waals surface area contributed by atoms with E-state index in [2.05, 4.69) is 25.9 Å². The Balaban J connectivity index is 0.000000194. The summed E-state index contributed by atoms with van der Waals surface area (Å²) in [6, 6.07) is 36.5. The minimum Gasteiger partial charge on any atom is -0.473 e. The normalized spacial score (nSPS) is 10.1. The fourth-order valence-electron chi connectivity index (χ4n) is 4.25. The average molecular weight is 767 g/mol. The molecule has 2 aromatic heterocycles. The largest absolute Gasteiger partial charge is 0.473 e. The van der Waals surface area contributed by atoms with Crippen molar-refractivity contribution in [1.82, 2.24) is 9.97 Å². The monoisotopic (exact) mass is 765 g/mol. The van der Waals surface area contributed by atoms with Crippen LogP contribution in [0.3, 0.4) is 0 Å². The van der Waals surface area contributed by atoms with Crippen LogP contribution < -0.4 is 24.7 Å². The zero-order valence-corrected chi connectivity index (χ0v) is 29.2. The molecule has 6 aromatic rings. The lowest BCUT2D eigenvalue weighted by Crippen LogP contribution is -1.99. The number of nitrogen functional groups attached to an aromatic ring is 1. The van der Waals surface area contributed by atoms with Crippen LogP contribution in [0.1, 0.15) is 22.3 Å². The third-order valence-corrected chi connectivity index (χ3v) is 7.61. The smallest absolute Gasteiger partial charge is 0.217 e. The number of halogens is 3. The molecule has 0 aliphatic carbocycles. The van der Waals surface area contributed by atoms with Crippen LogP contribution in [0.25, 0.3) is 0 Å². The molecule has 12 heteroatoms. The molecule has 0 atom stereocenters. The van der Waals surface area contributed by atoms with E-state index in [-0.39, 0.29) is 0 Å². The van der Waals surface area contributed by atoms with Gasteiger partial charge >= 0.3 is 0 Å². The summed E-state index contributed by atoms with van der Waals surface area (Å²) in [6.07, 6.45) is 3.07. The van der Waals surface area contributed by atoms with Gasteiger partial charge in [0.25, 0.3) is 0 Å². The maximum absolute atomic E-state index is 9.03. The Morgan fingerprint density at radius 3 is 1.58 bits per heavy atom. The van der Waals surface area contributed by atoms with Gasteiger partial charge in [-0.15, -0.1) is 0 Å². The van der Waals surface area contributed by atoms with Crippen molar-refractivity contribution in [2.75, 3.05) is 5.73 Å². The summed E-state index contributed by atoms with van der Waals surface area (Å²) in [6.45, 7) is 0.789. The van der Waals surface area contributed by atoms with Crippen molar-refractivity contribution in [2.45, 2.75) is 13.2 Å². The standard InChI is InChI=1S/C19H12BrClN2O2.C19H14ClN3O2/c20-17-11-23-19(24-12-13-4-2-1-3-5-13)9-18(17)25-16-7-14(10-22)6-15(21)8-16;20-15-6-14(10-21)7-16(8-15)25-18-9-19(23-11-17(18)22)24-12-13-4-2-1-3-5-13/h1-9,11H,12H2;1-9,11H,12,22H2. The minimum absolute atomic E-state index is 0.352. The van der Waals surface area contributed by atoms with Crippen LogP contribution in [0.4, 0.5) is 5.69 Å². The van der Waals surface area contributed by atoms with Crippen LogP contribution in [0.15, 0.2) is 126 Å². The van der Waals surface area contributed by atoms with Crippen molar-refractivity contribution >= 4 is 44.8 Å². The minimum atomic E-state index is 0.352. The second-order valence-electron chi connectivity index (χ2n) is 10.3. The summed E-state index contributed by atoms with van der Waals surface area (Å²) in [5.74, 6) is 2.59. The zero-order chi connectivity index (χ0) is 35.3. The van der Waals surface area contributed by atoms with Crippen LogP contribution in [-0.2, 0) is 13.2 Å². The van der Waals surface area contributed by atoms with E-state index in [0.717, 1.165) is 11.1 Å². The molecule has 4 aromatic carbocycles. The van der Waals surface area contributed by atoms with Gasteiger partial charge in [0.15, 0.2) is 5.75 Å².